The molecule has 0 fully saturated rings. The molecule has 1 aliphatic rings. The number of urea groups is 1. The van der Waals surface area contributed by atoms with Crippen LogP contribution in [-0.2, 0) is 9.53 Å². The standard InChI is InChI=1S/C22H22N2O4/c1-4-28-21(26)19-17(20(25)16-13-9-6-10-14-16)18(15-11-7-5-8-12-15)23(2)22(27)24(19)3/h5-14,18H,4H2,1-3H3. The fraction of sp³-hybridized carbons (Fsp3) is 0.227. The van der Waals surface area contributed by atoms with Crippen molar-refractivity contribution < 1.29 is 19.1 Å². The van der Waals surface area contributed by atoms with Crippen molar-refractivity contribution in [2.45, 2.75) is 13.0 Å². The third-order valence-electron chi connectivity index (χ3n) is 4.70. The lowest BCUT2D eigenvalue weighted by Crippen LogP contribution is -2.49. The summed E-state index contributed by atoms with van der Waals surface area (Å²) in [5.74, 6) is -1.00. The van der Waals surface area contributed by atoms with Gasteiger partial charge in [0.1, 0.15) is 5.70 Å². The van der Waals surface area contributed by atoms with Gasteiger partial charge in [-0.2, -0.15) is 0 Å². The first-order valence-electron chi connectivity index (χ1n) is 9.03. The third kappa shape index (κ3) is 3.41. The lowest BCUT2D eigenvalue weighted by Gasteiger charge is -2.39. The van der Waals surface area contributed by atoms with E-state index < -0.39 is 12.0 Å². The van der Waals surface area contributed by atoms with E-state index in [1.54, 1.807) is 38.2 Å². The van der Waals surface area contributed by atoms with Gasteiger partial charge in [0.25, 0.3) is 0 Å². The van der Waals surface area contributed by atoms with E-state index >= 15 is 0 Å². The van der Waals surface area contributed by atoms with E-state index in [-0.39, 0.29) is 29.7 Å². The smallest absolute Gasteiger partial charge is 0.355 e. The van der Waals surface area contributed by atoms with Crippen molar-refractivity contribution in [3.05, 3.63) is 83.1 Å². The van der Waals surface area contributed by atoms with Crippen molar-refractivity contribution in [1.29, 1.82) is 0 Å². The van der Waals surface area contributed by atoms with Gasteiger partial charge in [0.15, 0.2) is 5.78 Å². The Labute approximate surface area is 164 Å². The number of hydrogen-bond donors (Lipinski definition) is 0. The summed E-state index contributed by atoms with van der Waals surface area (Å²) in [7, 11) is 3.10. The summed E-state index contributed by atoms with van der Waals surface area (Å²) in [5, 5.41) is 0. The molecule has 1 aliphatic heterocycles. The van der Waals surface area contributed by atoms with Crippen molar-refractivity contribution in [2.75, 3.05) is 20.7 Å². The van der Waals surface area contributed by atoms with Crippen molar-refractivity contribution >= 4 is 17.8 Å². The van der Waals surface area contributed by atoms with Gasteiger partial charge in [-0.3, -0.25) is 9.69 Å². The minimum Gasteiger partial charge on any atom is -0.461 e. The number of ether oxygens (including phenoxy) is 1. The minimum atomic E-state index is -0.697. The lowest BCUT2D eigenvalue weighted by atomic mass is 9.88. The summed E-state index contributed by atoms with van der Waals surface area (Å²) in [6.45, 7) is 1.83. The van der Waals surface area contributed by atoms with Crippen molar-refractivity contribution in [3.63, 3.8) is 0 Å². The Hall–Kier alpha value is -3.41. The molecule has 2 aromatic rings. The number of carbonyl (C=O) groups is 3. The lowest BCUT2D eigenvalue weighted by molar-refractivity contribution is -0.140. The molecule has 3 rings (SSSR count). The summed E-state index contributed by atoms with van der Waals surface area (Å²) in [4.78, 5) is 41.7. The molecule has 6 nitrogen and oxygen atoms in total. The first-order chi connectivity index (χ1) is 13.5. The number of carbonyl (C=O) groups excluding carboxylic acids is 3. The first kappa shape index (κ1) is 19.4. The second-order valence-corrected chi connectivity index (χ2v) is 6.44. The molecule has 0 spiro atoms. The van der Waals surface area contributed by atoms with Crippen LogP contribution in [0, 0.1) is 0 Å². The Balaban J connectivity index is 2.27. The summed E-state index contributed by atoms with van der Waals surface area (Å²) in [6.07, 6.45) is 0. The van der Waals surface area contributed by atoms with E-state index in [1.807, 2.05) is 36.4 Å². The normalized spacial score (nSPS) is 17.0. The quantitative estimate of drug-likeness (QED) is 0.591. The van der Waals surface area contributed by atoms with Crippen molar-refractivity contribution in [2.24, 2.45) is 0 Å². The predicted molar refractivity (Wildman–Crippen MR) is 105 cm³/mol. The summed E-state index contributed by atoms with van der Waals surface area (Å²) >= 11 is 0. The highest BCUT2D eigenvalue weighted by atomic mass is 16.5. The van der Waals surface area contributed by atoms with Gasteiger partial charge in [-0.25, -0.2) is 9.59 Å². The van der Waals surface area contributed by atoms with Crippen LogP contribution in [0.1, 0.15) is 28.9 Å². The Morgan fingerprint density at radius 1 is 0.964 bits per heavy atom. The second kappa shape index (κ2) is 8.08. The number of Topliss-reactive ketones (excluding diaryl/α,β-unsaturated/α-hetero) is 1. The Morgan fingerprint density at radius 3 is 2.11 bits per heavy atom. The van der Waals surface area contributed by atoms with Crippen LogP contribution < -0.4 is 0 Å². The summed E-state index contributed by atoms with van der Waals surface area (Å²) < 4.78 is 5.17. The Morgan fingerprint density at radius 2 is 1.54 bits per heavy atom. The monoisotopic (exact) mass is 378 g/mol. The molecule has 144 valence electrons. The zero-order valence-corrected chi connectivity index (χ0v) is 16.1. The molecular formula is C22H22N2O4. The molecule has 1 unspecified atom stereocenters. The van der Waals surface area contributed by atoms with Gasteiger partial charge < -0.3 is 9.64 Å². The van der Waals surface area contributed by atoms with E-state index in [0.717, 1.165) is 5.56 Å². The topological polar surface area (TPSA) is 66.9 Å². The van der Waals surface area contributed by atoms with Crippen LogP contribution in [0.15, 0.2) is 71.9 Å². The number of esters is 1. The number of benzene rings is 2. The van der Waals surface area contributed by atoms with Crippen LogP contribution in [0.2, 0.25) is 0 Å². The molecule has 1 atom stereocenters. The number of rotatable bonds is 5. The second-order valence-electron chi connectivity index (χ2n) is 6.44. The van der Waals surface area contributed by atoms with Crippen LogP contribution in [0.3, 0.4) is 0 Å². The van der Waals surface area contributed by atoms with E-state index in [2.05, 4.69) is 0 Å². The third-order valence-corrected chi connectivity index (χ3v) is 4.70. The zero-order valence-electron chi connectivity index (χ0n) is 16.1. The molecule has 0 saturated heterocycles. The van der Waals surface area contributed by atoms with Crippen LogP contribution in [0.4, 0.5) is 4.79 Å². The molecule has 0 aliphatic carbocycles. The van der Waals surface area contributed by atoms with E-state index in [4.69, 9.17) is 4.74 Å². The molecular weight excluding hydrogens is 356 g/mol. The van der Waals surface area contributed by atoms with Crippen LogP contribution in [-0.4, -0.2) is 48.3 Å². The Kier molecular flexibility index (Phi) is 5.59. The molecule has 6 heteroatoms. The van der Waals surface area contributed by atoms with E-state index in [9.17, 15) is 14.4 Å². The van der Waals surface area contributed by atoms with Gasteiger partial charge in [-0.1, -0.05) is 60.7 Å². The molecule has 0 saturated carbocycles. The molecule has 1 heterocycles. The minimum absolute atomic E-state index is 0.0207. The maximum absolute atomic E-state index is 13.5. The number of likely N-dealkylation sites (N-methyl/N-ethyl adjacent to an activating group) is 2. The van der Waals surface area contributed by atoms with Crippen LogP contribution in [0.25, 0.3) is 0 Å². The van der Waals surface area contributed by atoms with Crippen LogP contribution in [0.5, 0.6) is 0 Å². The van der Waals surface area contributed by atoms with Gasteiger partial charge in [0, 0.05) is 19.7 Å². The van der Waals surface area contributed by atoms with Gasteiger partial charge in [0.2, 0.25) is 0 Å². The molecule has 0 radical (unpaired) electrons. The number of nitrogens with zero attached hydrogens (tertiary/aromatic N) is 2. The molecule has 2 aromatic carbocycles. The number of ketones is 1. The SMILES string of the molecule is CCOC(=O)C1=C(C(=O)c2ccccc2)C(c2ccccc2)N(C)C(=O)N1C. The zero-order chi connectivity index (χ0) is 20.3. The molecule has 0 N–H and O–H groups in total. The average molecular weight is 378 g/mol. The van der Waals surface area contributed by atoms with Crippen molar-refractivity contribution in [3.8, 4) is 0 Å². The van der Waals surface area contributed by atoms with Gasteiger partial charge in [0.05, 0.1) is 18.2 Å². The Bertz CT molecular complexity index is 922. The van der Waals surface area contributed by atoms with Gasteiger partial charge in [-0.05, 0) is 12.5 Å². The summed E-state index contributed by atoms with van der Waals surface area (Å²) in [6, 6.07) is 16.8. The number of amides is 2. The largest absolute Gasteiger partial charge is 0.461 e. The average Bonchev–Trinajstić information content (AvgIpc) is 2.72. The fourth-order valence-electron chi connectivity index (χ4n) is 3.40. The van der Waals surface area contributed by atoms with Gasteiger partial charge >= 0.3 is 12.0 Å². The van der Waals surface area contributed by atoms with Gasteiger partial charge in [-0.15, -0.1) is 0 Å². The fourth-order valence-corrected chi connectivity index (χ4v) is 3.40. The maximum atomic E-state index is 13.5. The molecule has 2 amide bonds. The molecule has 0 bridgehead atoms. The number of hydrogen-bond acceptors (Lipinski definition) is 4. The summed E-state index contributed by atoms with van der Waals surface area (Å²) in [5.41, 5.74) is 1.39. The van der Waals surface area contributed by atoms with E-state index in [0.29, 0.717) is 5.56 Å². The van der Waals surface area contributed by atoms with Crippen molar-refractivity contribution in [1.82, 2.24) is 9.80 Å². The molecule has 0 aromatic heterocycles. The van der Waals surface area contributed by atoms with E-state index in [1.165, 1.54) is 16.8 Å². The first-order valence-corrected chi connectivity index (χ1v) is 9.03. The highest BCUT2D eigenvalue weighted by molar-refractivity contribution is 6.15. The van der Waals surface area contributed by atoms with Crippen LogP contribution >= 0.6 is 0 Å². The maximum Gasteiger partial charge on any atom is 0.355 e. The highest BCUT2D eigenvalue weighted by Gasteiger charge is 2.43. The molecule has 28 heavy (non-hydrogen) atoms. The highest BCUT2D eigenvalue weighted by Crippen LogP contribution is 2.37. The predicted octanol–water partition coefficient (Wildman–Crippen LogP) is 3.43.